The smallest absolute Gasteiger partial charge is 0.323 e. The van der Waals surface area contributed by atoms with Gasteiger partial charge in [-0.3, -0.25) is 9.69 Å². The lowest BCUT2D eigenvalue weighted by Gasteiger charge is -2.40. The van der Waals surface area contributed by atoms with E-state index in [0.29, 0.717) is 12.6 Å². The first-order valence-corrected chi connectivity index (χ1v) is 7.00. The highest BCUT2D eigenvalue weighted by molar-refractivity contribution is 5.80. The van der Waals surface area contributed by atoms with Crippen molar-refractivity contribution in [2.75, 3.05) is 32.7 Å². The third-order valence-electron chi connectivity index (χ3n) is 4.03. The Bertz CT molecular complexity index is 359. The Hall–Kier alpha value is -1.30. The van der Waals surface area contributed by atoms with E-state index in [9.17, 15) is 9.59 Å². The number of carbonyl (C=O) groups is 2. The summed E-state index contributed by atoms with van der Waals surface area (Å²) in [5.74, 6) is -0.957. The van der Waals surface area contributed by atoms with Gasteiger partial charge >= 0.3 is 12.0 Å². The van der Waals surface area contributed by atoms with E-state index < -0.39 is 5.97 Å². The average Bonchev–Trinajstić information content (AvgIpc) is 2.81. The molecular weight excluding hydrogens is 246 g/mol. The Morgan fingerprint density at radius 1 is 1.32 bits per heavy atom. The van der Waals surface area contributed by atoms with Gasteiger partial charge in [0.1, 0.15) is 6.54 Å². The van der Waals surface area contributed by atoms with Gasteiger partial charge in [0.15, 0.2) is 0 Å². The van der Waals surface area contributed by atoms with E-state index in [4.69, 9.17) is 5.11 Å². The van der Waals surface area contributed by atoms with Crippen LogP contribution in [-0.2, 0) is 4.79 Å². The van der Waals surface area contributed by atoms with Gasteiger partial charge < -0.3 is 14.9 Å². The maximum atomic E-state index is 12.4. The first kappa shape index (κ1) is 14.1. The lowest BCUT2D eigenvalue weighted by Crippen LogP contribution is -2.57. The predicted molar refractivity (Wildman–Crippen MR) is 71.0 cm³/mol. The second-order valence-corrected chi connectivity index (χ2v) is 5.68. The SMILES string of the molecule is CC(C)N(CC(=O)O)C(=O)N1CCN2CCCC2C1. The van der Waals surface area contributed by atoms with E-state index in [2.05, 4.69) is 4.90 Å². The third kappa shape index (κ3) is 3.18. The van der Waals surface area contributed by atoms with Gasteiger partial charge in [0.25, 0.3) is 0 Å². The normalized spacial score (nSPS) is 23.5. The van der Waals surface area contributed by atoms with Crippen molar-refractivity contribution in [3.05, 3.63) is 0 Å². The Labute approximate surface area is 114 Å². The Kier molecular flexibility index (Phi) is 4.29. The second-order valence-electron chi connectivity index (χ2n) is 5.68. The highest BCUT2D eigenvalue weighted by Crippen LogP contribution is 2.22. The fourth-order valence-corrected chi connectivity index (χ4v) is 2.96. The van der Waals surface area contributed by atoms with Crippen LogP contribution in [0.15, 0.2) is 0 Å². The monoisotopic (exact) mass is 269 g/mol. The molecule has 0 spiro atoms. The number of urea groups is 1. The number of hydrogen-bond donors (Lipinski definition) is 1. The minimum atomic E-state index is -0.957. The zero-order valence-corrected chi connectivity index (χ0v) is 11.7. The quantitative estimate of drug-likeness (QED) is 0.818. The van der Waals surface area contributed by atoms with E-state index in [0.717, 1.165) is 26.1 Å². The topological polar surface area (TPSA) is 64.1 Å². The van der Waals surface area contributed by atoms with Crippen LogP contribution < -0.4 is 0 Å². The van der Waals surface area contributed by atoms with E-state index in [1.807, 2.05) is 18.7 Å². The Morgan fingerprint density at radius 2 is 2.05 bits per heavy atom. The molecule has 0 saturated carbocycles. The Balaban J connectivity index is 1.99. The number of amides is 2. The van der Waals surface area contributed by atoms with Crippen molar-refractivity contribution in [1.82, 2.24) is 14.7 Å². The van der Waals surface area contributed by atoms with Crippen molar-refractivity contribution in [3.8, 4) is 0 Å². The van der Waals surface area contributed by atoms with Gasteiger partial charge in [-0.15, -0.1) is 0 Å². The number of nitrogens with zero attached hydrogens (tertiary/aromatic N) is 3. The summed E-state index contributed by atoms with van der Waals surface area (Å²) in [6.07, 6.45) is 2.35. The van der Waals surface area contributed by atoms with Crippen molar-refractivity contribution < 1.29 is 14.7 Å². The molecule has 1 atom stereocenters. The van der Waals surface area contributed by atoms with Crippen LogP contribution in [0.3, 0.4) is 0 Å². The minimum absolute atomic E-state index is 0.0924. The van der Waals surface area contributed by atoms with Crippen LogP contribution in [0.1, 0.15) is 26.7 Å². The fourth-order valence-electron chi connectivity index (χ4n) is 2.96. The van der Waals surface area contributed by atoms with Crippen molar-refractivity contribution in [3.63, 3.8) is 0 Å². The number of hydrogen-bond acceptors (Lipinski definition) is 3. The van der Waals surface area contributed by atoms with Crippen LogP contribution in [-0.4, -0.2) is 76.6 Å². The molecule has 108 valence electrons. The summed E-state index contributed by atoms with van der Waals surface area (Å²) in [6, 6.07) is 0.241. The van der Waals surface area contributed by atoms with Gasteiger partial charge in [0.05, 0.1) is 0 Å². The van der Waals surface area contributed by atoms with E-state index in [1.54, 1.807) is 0 Å². The maximum Gasteiger partial charge on any atom is 0.323 e. The van der Waals surface area contributed by atoms with Crippen LogP contribution in [0, 0.1) is 0 Å². The van der Waals surface area contributed by atoms with Gasteiger partial charge in [0, 0.05) is 31.7 Å². The van der Waals surface area contributed by atoms with E-state index >= 15 is 0 Å². The number of aliphatic carboxylic acids is 1. The molecule has 2 heterocycles. The van der Waals surface area contributed by atoms with Crippen LogP contribution in [0.4, 0.5) is 4.79 Å². The molecule has 2 aliphatic heterocycles. The summed E-state index contributed by atoms with van der Waals surface area (Å²) in [5.41, 5.74) is 0. The molecule has 1 unspecified atom stereocenters. The highest BCUT2D eigenvalue weighted by atomic mass is 16.4. The highest BCUT2D eigenvalue weighted by Gasteiger charge is 2.34. The molecule has 6 heteroatoms. The molecule has 2 amide bonds. The van der Waals surface area contributed by atoms with Crippen LogP contribution >= 0.6 is 0 Å². The molecular formula is C13H23N3O3. The number of carbonyl (C=O) groups excluding carboxylic acids is 1. The van der Waals surface area contributed by atoms with Crippen LogP contribution in [0.5, 0.6) is 0 Å². The average molecular weight is 269 g/mol. The lowest BCUT2D eigenvalue weighted by molar-refractivity contribution is -0.138. The minimum Gasteiger partial charge on any atom is -0.480 e. The summed E-state index contributed by atoms with van der Waals surface area (Å²) in [4.78, 5) is 29.0. The lowest BCUT2D eigenvalue weighted by atomic mass is 10.1. The van der Waals surface area contributed by atoms with Gasteiger partial charge in [-0.25, -0.2) is 4.79 Å². The van der Waals surface area contributed by atoms with Gasteiger partial charge in [-0.1, -0.05) is 0 Å². The van der Waals surface area contributed by atoms with Crippen LogP contribution in [0.25, 0.3) is 0 Å². The number of carboxylic acids is 1. The van der Waals surface area contributed by atoms with E-state index in [-0.39, 0.29) is 18.6 Å². The molecule has 0 aromatic heterocycles. The first-order valence-electron chi connectivity index (χ1n) is 7.00. The molecule has 0 bridgehead atoms. The van der Waals surface area contributed by atoms with Gasteiger partial charge in [-0.05, 0) is 33.2 Å². The second kappa shape index (κ2) is 5.77. The molecule has 2 saturated heterocycles. The van der Waals surface area contributed by atoms with Crippen molar-refractivity contribution >= 4 is 12.0 Å². The zero-order chi connectivity index (χ0) is 14.0. The Morgan fingerprint density at radius 3 is 2.68 bits per heavy atom. The number of piperazine rings is 1. The van der Waals surface area contributed by atoms with Crippen molar-refractivity contribution in [2.45, 2.75) is 38.8 Å². The summed E-state index contributed by atoms with van der Waals surface area (Å²) in [6.45, 7) is 6.98. The maximum absolute atomic E-state index is 12.4. The summed E-state index contributed by atoms with van der Waals surface area (Å²) < 4.78 is 0. The van der Waals surface area contributed by atoms with Gasteiger partial charge in [0.2, 0.25) is 0 Å². The standard InChI is InChI=1S/C13H23N3O3/c1-10(2)16(9-12(17)18)13(19)15-7-6-14-5-3-4-11(14)8-15/h10-11H,3-9H2,1-2H3,(H,17,18). The third-order valence-corrected chi connectivity index (χ3v) is 4.03. The molecule has 19 heavy (non-hydrogen) atoms. The number of carboxylic acid groups (broad SMARTS) is 1. The molecule has 0 aromatic carbocycles. The zero-order valence-electron chi connectivity index (χ0n) is 11.7. The molecule has 0 radical (unpaired) electrons. The van der Waals surface area contributed by atoms with Crippen molar-refractivity contribution in [1.29, 1.82) is 0 Å². The molecule has 2 rings (SSSR count). The predicted octanol–water partition coefficient (Wildman–Crippen LogP) is 0.681. The molecule has 0 aliphatic carbocycles. The molecule has 2 fully saturated rings. The summed E-state index contributed by atoms with van der Waals surface area (Å²) >= 11 is 0. The van der Waals surface area contributed by atoms with Crippen LogP contribution in [0.2, 0.25) is 0 Å². The summed E-state index contributed by atoms with van der Waals surface area (Å²) in [7, 11) is 0. The van der Waals surface area contributed by atoms with E-state index in [1.165, 1.54) is 11.3 Å². The van der Waals surface area contributed by atoms with Gasteiger partial charge in [-0.2, -0.15) is 0 Å². The fraction of sp³-hybridized carbons (Fsp3) is 0.846. The molecule has 6 nitrogen and oxygen atoms in total. The molecule has 1 N–H and O–H groups in total. The largest absolute Gasteiger partial charge is 0.480 e. The van der Waals surface area contributed by atoms with Crippen molar-refractivity contribution in [2.24, 2.45) is 0 Å². The first-order chi connectivity index (χ1) is 8.99. The number of rotatable bonds is 3. The molecule has 2 aliphatic rings. The summed E-state index contributed by atoms with van der Waals surface area (Å²) in [5, 5.41) is 8.91. The number of fused-ring (bicyclic) bond motifs is 1. The molecule has 0 aromatic rings.